The number of carbonyl (C=O) groups is 1. The molecule has 2 atom stereocenters. The molecule has 29 heavy (non-hydrogen) atoms. The molecule has 2 aromatic rings. The molecule has 0 aliphatic carbocycles. The molecule has 152 valence electrons. The summed E-state index contributed by atoms with van der Waals surface area (Å²) in [5.74, 6) is 0.940. The Bertz CT molecular complexity index is 941. The Morgan fingerprint density at radius 3 is 2.90 bits per heavy atom. The fraction of sp³-hybridized carbons (Fsp3) is 0.409. The summed E-state index contributed by atoms with van der Waals surface area (Å²) in [5.41, 5.74) is 10.8. The van der Waals surface area contributed by atoms with Crippen LogP contribution in [0.1, 0.15) is 24.8 Å². The first-order valence-corrected chi connectivity index (χ1v) is 10.1. The van der Waals surface area contributed by atoms with E-state index in [0.717, 1.165) is 54.2 Å². The fourth-order valence-corrected chi connectivity index (χ4v) is 4.22. The summed E-state index contributed by atoms with van der Waals surface area (Å²) >= 11 is 0. The monoisotopic (exact) mass is 392 g/mol. The number of carbonyl (C=O) groups excluding carboxylic acids is 1. The van der Waals surface area contributed by atoms with Crippen molar-refractivity contribution in [1.29, 1.82) is 0 Å². The Balaban J connectivity index is 1.77. The molecule has 0 radical (unpaired) electrons. The molecule has 1 aromatic carbocycles. The molecule has 4 rings (SSSR count). The van der Waals surface area contributed by atoms with E-state index < -0.39 is 0 Å². The van der Waals surface area contributed by atoms with Crippen LogP contribution >= 0.6 is 0 Å². The zero-order chi connectivity index (χ0) is 20.4. The van der Waals surface area contributed by atoms with Crippen molar-refractivity contribution in [2.75, 3.05) is 38.2 Å². The van der Waals surface area contributed by atoms with E-state index in [0.29, 0.717) is 12.2 Å². The number of fused-ring (bicyclic) bond motifs is 6. The first-order valence-electron chi connectivity index (χ1n) is 10.1. The van der Waals surface area contributed by atoms with Gasteiger partial charge in [-0.1, -0.05) is 18.2 Å². The van der Waals surface area contributed by atoms with Gasteiger partial charge in [0, 0.05) is 55.8 Å². The molecule has 4 N–H and O–H groups in total. The Kier molecular flexibility index (Phi) is 5.49. The van der Waals surface area contributed by atoms with Crippen LogP contribution in [0.5, 0.6) is 0 Å². The number of amides is 1. The molecule has 2 aliphatic heterocycles. The minimum absolute atomic E-state index is 0.140. The second-order valence-electron chi connectivity index (χ2n) is 7.75. The molecule has 7 nitrogen and oxygen atoms in total. The Hall–Kier alpha value is -2.93. The molecule has 7 heteroatoms. The van der Waals surface area contributed by atoms with Crippen molar-refractivity contribution in [3.63, 3.8) is 0 Å². The number of anilines is 2. The van der Waals surface area contributed by atoms with Gasteiger partial charge in [-0.3, -0.25) is 9.79 Å². The average molecular weight is 393 g/mol. The number of nitrogen functional groups attached to an aromatic ring is 1. The number of nitrogens with one attached hydrogen (secondary N) is 2. The van der Waals surface area contributed by atoms with Crippen molar-refractivity contribution in [2.45, 2.75) is 31.3 Å². The average Bonchev–Trinajstić information content (AvgIpc) is 3.19. The maximum Gasteiger partial charge on any atom is 0.239 e. The highest BCUT2D eigenvalue weighted by Gasteiger charge is 2.31. The van der Waals surface area contributed by atoms with E-state index >= 15 is 0 Å². The van der Waals surface area contributed by atoms with Crippen molar-refractivity contribution >= 4 is 23.1 Å². The lowest BCUT2D eigenvalue weighted by atomic mass is 9.95. The van der Waals surface area contributed by atoms with Gasteiger partial charge in [-0.25, -0.2) is 4.98 Å². The maximum atomic E-state index is 12.8. The van der Waals surface area contributed by atoms with Crippen molar-refractivity contribution in [3.05, 3.63) is 42.0 Å². The van der Waals surface area contributed by atoms with Crippen molar-refractivity contribution < 1.29 is 4.79 Å². The fourth-order valence-electron chi connectivity index (χ4n) is 4.22. The summed E-state index contributed by atoms with van der Waals surface area (Å²) < 4.78 is 0. The lowest BCUT2D eigenvalue weighted by Crippen LogP contribution is -2.42. The highest BCUT2D eigenvalue weighted by atomic mass is 16.2. The van der Waals surface area contributed by atoms with Crippen LogP contribution in [0.25, 0.3) is 11.3 Å². The quantitative estimate of drug-likeness (QED) is 0.597. The molecular formula is C22H28N6O. The van der Waals surface area contributed by atoms with E-state index in [-0.39, 0.29) is 18.0 Å². The Morgan fingerprint density at radius 1 is 1.24 bits per heavy atom. The van der Waals surface area contributed by atoms with Gasteiger partial charge in [0.15, 0.2) is 0 Å². The number of aromatic nitrogens is 1. The van der Waals surface area contributed by atoms with Crippen molar-refractivity contribution in [2.24, 2.45) is 4.99 Å². The summed E-state index contributed by atoms with van der Waals surface area (Å²) in [5, 5.41) is 6.83. The SMILES string of the molecule is CN=C1CCCN(C)C(=O)C2CC(CN2)Nc2cccc(n2)-c2cccc(N)c21. The molecule has 0 spiro atoms. The highest BCUT2D eigenvalue weighted by Crippen LogP contribution is 2.30. The van der Waals surface area contributed by atoms with Gasteiger partial charge in [0.1, 0.15) is 5.82 Å². The topological polar surface area (TPSA) is 95.6 Å². The Morgan fingerprint density at radius 2 is 2.07 bits per heavy atom. The minimum Gasteiger partial charge on any atom is -0.398 e. The molecule has 1 fully saturated rings. The van der Waals surface area contributed by atoms with E-state index in [1.807, 2.05) is 48.3 Å². The van der Waals surface area contributed by atoms with Gasteiger partial charge in [-0.05, 0) is 37.5 Å². The third-order valence-corrected chi connectivity index (χ3v) is 5.74. The molecule has 1 saturated heterocycles. The smallest absolute Gasteiger partial charge is 0.239 e. The number of hydrogen-bond acceptors (Lipinski definition) is 6. The van der Waals surface area contributed by atoms with Gasteiger partial charge in [0.2, 0.25) is 5.91 Å². The van der Waals surface area contributed by atoms with Gasteiger partial charge in [-0.15, -0.1) is 0 Å². The number of likely N-dealkylation sites (N-methyl/N-ethyl adjacent to an activating group) is 1. The first-order chi connectivity index (χ1) is 14.1. The summed E-state index contributed by atoms with van der Waals surface area (Å²) in [4.78, 5) is 24.0. The van der Waals surface area contributed by atoms with Crippen molar-refractivity contribution in [1.82, 2.24) is 15.2 Å². The minimum atomic E-state index is -0.155. The predicted molar refractivity (Wildman–Crippen MR) is 117 cm³/mol. The largest absolute Gasteiger partial charge is 0.398 e. The number of benzene rings is 1. The summed E-state index contributed by atoms with van der Waals surface area (Å²) in [7, 11) is 3.67. The van der Waals surface area contributed by atoms with Gasteiger partial charge < -0.3 is 21.3 Å². The third-order valence-electron chi connectivity index (χ3n) is 5.74. The zero-order valence-electron chi connectivity index (χ0n) is 17.0. The van der Waals surface area contributed by atoms with Crippen LogP contribution in [-0.2, 0) is 4.79 Å². The lowest BCUT2D eigenvalue weighted by molar-refractivity contribution is -0.131. The summed E-state index contributed by atoms with van der Waals surface area (Å²) in [6, 6.07) is 11.9. The number of nitrogens with two attached hydrogens (primary N) is 1. The molecule has 1 aromatic heterocycles. The number of aliphatic imine (C=N–C) groups is 1. The predicted octanol–water partition coefficient (Wildman–Crippen LogP) is 2.14. The van der Waals surface area contributed by atoms with Gasteiger partial charge in [0.05, 0.1) is 11.7 Å². The van der Waals surface area contributed by atoms with Gasteiger partial charge in [0.25, 0.3) is 0 Å². The zero-order valence-corrected chi connectivity index (χ0v) is 17.0. The highest BCUT2D eigenvalue weighted by molar-refractivity contribution is 6.09. The van der Waals surface area contributed by atoms with Gasteiger partial charge >= 0.3 is 0 Å². The van der Waals surface area contributed by atoms with E-state index in [9.17, 15) is 4.79 Å². The first kappa shape index (κ1) is 19.4. The number of hydrogen-bond donors (Lipinski definition) is 3. The third kappa shape index (κ3) is 3.96. The van der Waals surface area contributed by atoms with E-state index in [2.05, 4.69) is 15.6 Å². The molecule has 1 amide bonds. The van der Waals surface area contributed by atoms with E-state index in [1.54, 1.807) is 7.05 Å². The summed E-state index contributed by atoms with van der Waals surface area (Å²) in [6.45, 7) is 1.43. The van der Waals surface area contributed by atoms with Gasteiger partial charge in [-0.2, -0.15) is 0 Å². The molecular weight excluding hydrogens is 364 g/mol. The standard InChI is InChI=1S/C22H28N6O/c1-24-18-9-5-11-28(2)22(29)19-12-14(13-25-19)26-20-10-4-8-17(27-20)15-6-3-7-16(23)21(15)18/h3-4,6-8,10,14,19,25H,5,9,11-13,23H2,1-2H3,(H,26,27). The number of nitrogens with zero attached hydrogens (tertiary/aromatic N) is 3. The van der Waals surface area contributed by atoms with Crippen molar-refractivity contribution in [3.8, 4) is 11.3 Å². The van der Waals surface area contributed by atoms with E-state index in [4.69, 9.17) is 10.7 Å². The molecule has 0 saturated carbocycles. The van der Waals surface area contributed by atoms with Crippen LogP contribution in [0.3, 0.4) is 0 Å². The van der Waals surface area contributed by atoms with E-state index in [1.165, 1.54) is 0 Å². The molecule has 2 aliphatic rings. The molecule has 2 unspecified atom stereocenters. The molecule has 4 bridgehead atoms. The Labute approximate surface area is 171 Å². The lowest BCUT2D eigenvalue weighted by Gasteiger charge is -2.21. The van der Waals surface area contributed by atoms with Crippen LogP contribution in [-0.4, -0.2) is 60.8 Å². The normalized spacial score (nSPS) is 23.9. The number of rotatable bonds is 0. The van der Waals surface area contributed by atoms with Crippen LogP contribution in [0, 0.1) is 0 Å². The van der Waals surface area contributed by atoms with Crippen LogP contribution in [0.15, 0.2) is 41.4 Å². The molecule has 3 heterocycles. The van der Waals surface area contributed by atoms with Crippen LogP contribution < -0.4 is 16.4 Å². The number of pyridine rings is 1. The van der Waals surface area contributed by atoms with Crippen LogP contribution in [0.2, 0.25) is 0 Å². The second kappa shape index (κ2) is 8.21. The van der Waals surface area contributed by atoms with Crippen LogP contribution in [0.4, 0.5) is 11.5 Å². The summed E-state index contributed by atoms with van der Waals surface area (Å²) in [6.07, 6.45) is 2.32. The second-order valence-corrected chi connectivity index (χ2v) is 7.75. The maximum absolute atomic E-state index is 12.8.